The van der Waals surface area contributed by atoms with E-state index in [9.17, 15) is 0 Å². The van der Waals surface area contributed by atoms with Gasteiger partial charge in [0.2, 0.25) is 0 Å². The summed E-state index contributed by atoms with van der Waals surface area (Å²) in [6.45, 7) is 4.07. The van der Waals surface area contributed by atoms with Gasteiger partial charge in [-0.05, 0) is 30.5 Å². The second-order valence-electron chi connectivity index (χ2n) is 5.29. The zero-order valence-corrected chi connectivity index (χ0v) is 13.6. The van der Waals surface area contributed by atoms with Crippen LogP contribution in [0.1, 0.15) is 18.1 Å². The van der Waals surface area contributed by atoms with E-state index in [2.05, 4.69) is 47.2 Å². The van der Waals surface area contributed by atoms with Gasteiger partial charge in [0.05, 0.1) is 6.04 Å². The molecule has 5 heteroatoms. The zero-order chi connectivity index (χ0) is 13.4. The van der Waals surface area contributed by atoms with Crippen molar-refractivity contribution in [2.24, 2.45) is 10.7 Å². The first-order valence-corrected chi connectivity index (χ1v) is 6.75. The third kappa shape index (κ3) is 2.68. The minimum Gasteiger partial charge on any atom is -0.369 e. The van der Waals surface area contributed by atoms with E-state index in [0.717, 1.165) is 25.3 Å². The van der Waals surface area contributed by atoms with Crippen molar-refractivity contribution in [1.82, 2.24) is 9.80 Å². The molecule has 0 bridgehead atoms. The summed E-state index contributed by atoms with van der Waals surface area (Å²) in [5.41, 5.74) is 8.82. The molecule has 2 aliphatic heterocycles. The van der Waals surface area contributed by atoms with Gasteiger partial charge in [-0.25, -0.2) is 0 Å². The largest absolute Gasteiger partial charge is 0.369 e. The predicted molar refractivity (Wildman–Crippen MR) is 87.8 cm³/mol. The van der Waals surface area contributed by atoms with Crippen molar-refractivity contribution in [3.05, 3.63) is 47.3 Å². The molecule has 0 aliphatic carbocycles. The molecule has 1 aromatic rings. The van der Waals surface area contributed by atoms with Gasteiger partial charge in [0.1, 0.15) is 5.82 Å². The first-order chi connectivity index (χ1) is 9.15. The fourth-order valence-corrected chi connectivity index (χ4v) is 2.64. The highest BCUT2D eigenvalue weighted by Gasteiger charge is 2.22. The Morgan fingerprint density at radius 1 is 1.25 bits per heavy atom. The molecule has 2 heterocycles. The van der Waals surface area contributed by atoms with Crippen LogP contribution in [0.15, 0.2) is 41.2 Å². The number of rotatable bonds is 1. The lowest BCUT2D eigenvalue weighted by molar-refractivity contribution is 0.305. The Kier molecular flexibility index (Phi) is 4.38. The van der Waals surface area contributed by atoms with E-state index in [0.29, 0.717) is 12.0 Å². The summed E-state index contributed by atoms with van der Waals surface area (Å²) in [5, 5.41) is 0. The number of hydrogen-bond donors (Lipinski definition) is 1. The summed E-state index contributed by atoms with van der Waals surface area (Å²) < 4.78 is 0. The third-order valence-electron chi connectivity index (χ3n) is 4.05. The molecule has 1 aromatic carbocycles. The maximum Gasteiger partial charge on any atom is 0.198 e. The Labute approximate surface area is 130 Å². The van der Waals surface area contributed by atoms with Gasteiger partial charge in [0.25, 0.3) is 0 Å². The van der Waals surface area contributed by atoms with E-state index >= 15 is 0 Å². The van der Waals surface area contributed by atoms with Crippen molar-refractivity contribution in [2.75, 3.05) is 13.6 Å². The number of guanidine groups is 1. The van der Waals surface area contributed by atoms with Gasteiger partial charge in [-0.2, -0.15) is 4.99 Å². The molecule has 0 radical (unpaired) electrons. The van der Waals surface area contributed by atoms with Gasteiger partial charge >= 0.3 is 0 Å². The van der Waals surface area contributed by atoms with Gasteiger partial charge in [-0.3, -0.25) is 0 Å². The van der Waals surface area contributed by atoms with Crippen LogP contribution in [-0.2, 0) is 13.0 Å². The zero-order valence-electron chi connectivity index (χ0n) is 11.9. The Balaban J connectivity index is 0.00000147. The van der Waals surface area contributed by atoms with Crippen LogP contribution in [0.2, 0.25) is 0 Å². The lowest BCUT2D eigenvalue weighted by Gasteiger charge is -2.35. The summed E-state index contributed by atoms with van der Waals surface area (Å²) in [6, 6.07) is 8.93. The molecule has 2 aliphatic rings. The Morgan fingerprint density at radius 3 is 2.65 bits per heavy atom. The molecule has 3 rings (SSSR count). The summed E-state index contributed by atoms with van der Waals surface area (Å²) >= 11 is 0. The number of aliphatic imine (C=N–C) groups is 1. The number of fused-ring (bicyclic) bond motifs is 1. The highest BCUT2D eigenvalue weighted by atomic mass is 79.9. The van der Waals surface area contributed by atoms with Gasteiger partial charge in [0, 0.05) is 20.1 Å². The molecule has 0 spiro atoms. The maximum absolute atomic E-state index is 5.97. The van der Waals surface area contributed by atoms with Crippen LogP contribution in [0, 0.1) is 0 Å². The average Bonchev–Trinajstić information content (AvgIpc) is 2.43. The third-order valence-corrected chi connectivity index (χ3v) is 4.05. The molecule has 0 saturated heterocycles. The normalized spacial score (nSPS) is 21.6. The van der Waals surface area contributed by atoms with Gasteiger partial charge < -0.3 is 15.5 Å². The molecule has 108 valence electrons. The molecule has 2 N–H and O–H groups in total. The second-order valence-corrected chi connectivity index (χ2v) is 5.29. The van der Waals surface area contributed by atoms with Crippen LogP contribution in [0.25, 0.3) is 0 Å². The highest BCUT2D eigenvalue weighted by Crippen LogP contribution is 2.24. The van der Waals surface area contributed by atoms with Crippen LogP contribution < -0.4 is 5.73 Å². The number of benzene rings is 1. The van der Waals surface area contributed by atoms with Crippen molar-refractivity contribution >= 4 is 22.9 Å². The van der Waals surface area contributed by atoms with Crippen LogP contribution >= 0.6 is 17.0 Å². The highest BCUT2D eigenvalue weighted by molar-refractivity contribution is 8.93. The van der Waals surface area contributed by atoms with E-state index in [-0.39, 0.29) is 17.0 Å². The first-order valence-electron chi connectivity index (χ1n) is 6.75. The number of nitrogens with zero attached hydrogens (tertiary/aromatic N) is 3. The summed E-state index contributed by atoms with van der Waals surface area (Å²) in [4.78, 5) is 8.82. The van der Waals surface area contributed by atoms with Crippen molar-refractivity contribution in [2.45, 2.75) is 25.9 Å². The number of halogens is 1. The van der Waals surface area contributed by atoms with Crippen LogP contribution in [-0.4, -0.2) is 35.4 Å². The average molecular weight is 337 g/mol. The van der Waals surface area contributed by atoms with Crippen molar-refractivity contribution in [3.63, 3.8) is 0 Å². The van der Waals surface area contributed by atoms with Gasteiger partial charge in [-0.15, -0.1) is 17.0 Å². The van der Waals surface area contributed by atoms with Crippen molar-refractivity contribution < 1.29 is 0 Å². The predicted octanol–water partition coefficient (Wildman–Crippen LogP) is 2.11. The van der Waals surface area contributed by atoms with Crippen molar-refractivity contribution in [3.8, 4) is 0 Å². The van der Waals surface area contributed by atoms with E-state index in [1.807, 2.05) is 11.9 Å². The minimum atomic E-state index is 0. The quantitative estimate of drug-likeness (QED) is 0.854. The van der Waals surface area contributed by atoms with Crippen LogP contribution in [0.5, 0.6) is 0 Å². The number of likely N-dealkylation sites (N-methyl/N-ethyl adjacent to an activating group) is 1. The molecule has 0 amide bonds. The topological polar surface area (TPSA) is 44.9 Å². The lowest BCUT2D eigenvalue weighted by Crippen LogP contribution is -2.44. The summed E-state index contributed by atoms with van der Waals surface area (Å²) in [6.07, 6.45) is 3.26. The van der Waals surface area contributed by atoms with Crippen LogP contribution in [0.3, 0.4) is 0 Å². The molecular formula is C15H21BrN4. The smallest absolute Gasteiger partial charge is 0.198 e. The molecule has 0 fully saturated rings. The Bertz CT molecular complexity index is 553. The van der Waals surface area contributed by atoms with E-state index < -0.39 is 0 Å². The SMILES string of the molecule is Br.CC1C=C(N2CCc3ccccc3C2)N=C(N)N1C. The van der Waals surface area contributed by atoms with Crippen molar-refractivity contribution in [1.29, 1.82) is 0 Å². The molecule has 1 atom stereocenters. The molecule has 1 unspecified atom stereocenters. The lowest BCUT2D eigenvalue weighted by atomic mass is 10.00. The monoisotopic (exact) mass is 336 g/mol. The molecule has 0 aromatic heterocycles. The first kappa shape index (κ1) is 14.9. The summed E-state index contributed by atoms with van der Waals surface area (Å²) in [5.74, 6) is 1.61. The fraction of sp³-hybridized carbons (Fsp3) is 0.400. The molecular weight excluding hydrogens is 316 g/mol. The van der Waals surface area contributed by atoms with E-state index in [1.165, 1.54) is 11.1 Å². The Hall–Kier alpha value is -1.49. The van der Waals surface area contributed by atoms with Gasteiger partial charge in [-0.1, -0.05) is 24.3 Å². The van der Waals surface area contributed by atoms with E-state index in [4.69, 9.17) is 5.73 Å². The number of hydrogen-bond acceptors (Lipinski definition) is 4. The molecule has 4 nitrogen and oxygen atoms in total. The minimum absolute atomic E-state index is 0. The molecule has 0 saturated carbocycles. The van der Waals surface area contributed by atoms with Crippen LogP contribution in [0.4, 0.5) is 0 Å². The fourth-order valence-electron chi connectivity index (χ4n) is 2.64. The standard InChI is InChI=1S/C15H20N4.BrH/c1-11-9-14(17-15(16)18(11)2)19-8-7-12-5-3-4-6-13(12)10-19;/h3-6,9,11H,7-8,10H2,1-2H3,(H2,16,17);1H. The van der Waals surface area contributed by atoms with E-state index in [1.54, 1.807) is 0 Å². The maximum atomic E-state index is 5.97. The second kappa shape index (κ2) is 5.87. The van der Waals surface area contributed by atoms with Gasteiger partial charge in [0.15, 0.2) is 5.96 Å². The molecule has 20 heavy (non-hydrogen) atoms. The Morgan fingerprint density at radius 2 is 1.95 bits per heavy atom. The number of nitrogens with two attached hydrogens (primary N) is 1. The summed E-state index contributed by atoms with van der Waals surface area (Å²) in [7, 11) is 1.97.